The van der Waals surface area contributed by atoms with E-state index in [-0.39, 0.29) is 0 Å². The first-order valence-corrected chi connectivity index (χ1v) is 8.17. The summed E-state index contributed by atoms with van der Waals surface area (Å²) in [6, 6.07) is 4.79. The number of imidazole rings is 1. The lowest BCUT2D eigenvalue weighted by Gasteiger charge is -2.12. The average molecular weight is 291 g/mol. The van der Waals surface area contributed by atoms with Crippen LogP contribution in [0, 0.1) is 6.92 Å². The molecule has 5 heteroatoms. The lowest BCUT2D eigenvalue weighted by Crippen LogP contribution is -2.28. The molecule has 3 heterocycles. The Morgan fingerprint density at radius 2 is 2.26 bits per heavy atom. The number of hydrogen-bond donors (Lipinski definition) is 1. The molecule has 0 aliphatic heterocycles. The third kappa shape index (κ3) is 2.73. The predicted octanol–water partition coefficient (Wildman–Crippen LogP) is 3.49. The van der Waals surface area contributed by atoms with Crippen molar-refractivity contribution in [1.82, 2.24) is 14.7 Å². The van der Waals surface area contributed by atoms with E-state index in [0.29, 0.717) is 6.04 Å². The fourth-order valence-electron chi connectivity index (χ4n) is 2.23. The van der Waals surface area contributed by atoms with Crippen LogP contribution in [0.25, 0.3) is 4.96 Å². The summed E-state index contributed by atoms with van der Waals surface area (Å²) in [7, 11) is 0. The zero-order valence-electron chi connectivity index (χ0n) is 11.1. The molecule has 19 heavy (non-hydrogen) atoms. The van der Waals surface area contributed by atoms with Crippen molar-refractivity contribution in [3.05, 3.63) is 45.4 Å². The van der Waals surface area contributed by atoms with Crippen molar-refractivity contribution in [3.8, 4) is 0 Å². The third-order valence-electron chi connectivity index (χ3n) is 3.27. The van der Waals surface area contributed by atoms with Gasteiger partial charge < -0.3 is 5.32 Å². The minimum absolute atomic E-state index is 0.474. The predicted molar refractivity (Wildman–Crippen MR) is 82.1 cm³/mol. The molecule has 3 aromatic rings. The molecule has 1 N–H and O–H groups in total. The smallest absolute Gasteiger partial charge is 0.194 e. The molecule has 0 radical (unpaired) electrons. The third-order valence-corrected chi connectivity index (χ3v) is 4.92. The standard InChI is InChI=1S/C14H17N3S2/c1-10(8-12-4-3-6-18-12)15-9-13-11(2)16-14-17(13)5-7-19-14/h3-7,10,15H,8-9H2,1-2H3. The molecular formula is C14H17N3S2. The molecule has 0 spiro atoms. The van der Waals surface area contributed by atoms with Gasteiger partial charge in [0.1, 0.15) is 0 Å². The van der Waals surface area contributed by atoms with Crippen LogP contribution in [0.4, 0.5) is 0 Å². The van der Waals surface area contributed by atoms with Gasteiger partial charge in [-0.15, -0.1) is 22.7 Å². The molecule has 3 rings (SSSR count). The monoisotopic (exact) mass is 291 g/mol. The molecule has 1 unspecified atom stereocenters. The first kappa shape index (κ1) is 12.8. The highest BCUT2D eigenvalue weighted by Gasteiger charge is 2.11. The van der Waals surface area contributed by atoms with Gasteiger partial charge in [-0.3, -0.25) is 4.40 Å². The Bertz CT molecular complexity index is 651. The first-order valence-electron chi connectivity index (χ1n) is 6.41. The van der Waals surface area contributed by atoms with Gasteiger partial charge in [0.05, 0.1) is 11.4 Å². The van der Waals surface area contributed by atoms with Gasteiger partial charge in [0, 0.05) is 29.0 Å². The molecule has 0 aliphatic carbocycles. The minimum atomic E-state index is 0.474. The number of thiazole rings is 1. The first-order chi connectivity index (χ1) is 9.24. The van der Waals surface area contributed by atoms with Crippen LogP contribution in [0.3, 0.4) is 0 Å². The molecule has 0 aromatic carbocycles. The number of hydrogen-bond acceptors (Lipinski definition) is 4. The van der Waals surface area contributed by atoms with Crippen molar-refractivity contribution in [2.45, 2.75) is 32.9 Å². The van der Waals surface area contributed by atoms with Gasteiger partial charge in [-0.25, -0.2) is 4.98 Å². The maximum Gasteiger partial charge on any atom is 0.194 e. The minimum Gasteiger partial charge on any atom is -0.308 e. The van der Waals surface area contributed by atoms with E-state index in [9.17, 15) is 0 Å². The zero-order chi connectivity index (χ0) is 13.2. The lowest BCUT2D eigenvalue weighted by atomic mass is 10.2. The second-order valence-electron chi connectivity index (χ2n) is 4.76. The van der Waals surface area contributed by atoms with E-state index in [1.54, 1.807) is 11.3 Å². The highest BCUT2D eigenvalue weighted by atomic mass is 32.1. The Kier molecular flexibility index (Phi) is 3.68. The normalized spacial score (nSPS) is 13.2. The number of nitrogens with zero attached hydrogens (tertiary/aromatic N) is 2. The number of rotatable bonds is 5. The van der Waals surface area contributed by atoms with Crippen LogP contribution in [0.2, 0.25) is 0 Å². The fraction of sp³-hybridized carbons (Fsp3) is 0.357. The fourth-order valence-corrected chi connectivity index (χ4v) is 3.84. The Labute approximate surface area is 120 Å². The molecule has 100 valence electrons. The van der Waals surface area contributed by atoms with Crippen molar-refractivity contribution in [2.75, 3.05) is 0 Å². The largest absolute Gasteiger partial charge is 0.308 e. The zero-order valence-corrected chi connectivity index (χ0v) is 12.7. The highest BCUT2D eigenvalue weighted by molar-refractivity contribution is 7.15. The molecular weight excluding hydrogens is 274 g/mol. The van der Waals surface area contributed by atoms with Crippen molar-refractivity contribution in [1.29, 1.82) is 0 Å². The quantitative estimate of drug-likeness (QED) is 0.780. The second kappa shape index (κ2) is 5.45. The number of fused-ring (bicyclic) bond motifs is 1. The maximum absolute atomic E-state index is 4.57. The van der Waals surface area contributed by atoms with Crippen LogP contribution in [-0.2, 0) is 13.0 Å². The van der Waals surface area contributed by atoms with Crippen LogP contribution >= 0.6 is 22.7 Å². The average Bonchev–Trinajstić information content (AvgIpc) is 3.05. The van der Waals surface area contributed by atoms with Gasteiger partial charge in [-0.2, -0.15) is 0 Å². The SMILES string of the molecule is Cc1nc2sccn2c1CNC(C)Cc1cccs1. The summed E-state index contributed by atoms with van der Waals surface area (Å²) in [6.07, 6.45) is 3.18. The highest BCUT2D eigenvalue weighted by Crippen LogP contribution is 2.17. The molecule has 0 bridgehead atoms. The van der Waals surface area contributed by atoms with E-state index >= 15 is 0 Å². The topological polar surface area (TPSA) is 29.3 Å². The Balaban J connectivity index is 1.65. The Hall–Kier alpha value is -1.17. The van der Waals surface area contributed by atoms with Crippen molar-refractivity contribution in [2.24, 2.45) is 0 Å². The van der Waals surface area contributed by atoms with Crippen LogP contribution in [-0.4, -0.2) is 15.4 Å². The lowest BCUT2D eigenvalue weighted by molar-refractivity contribution is 0.540. The van der Waals surface area contributed by atoms with Gasteiger partial charge in [0.2, 0.25) is 0 Å². The number of aromatic nitrogens is 2. The molecule has 3 aromatic heterocycles. The van der Waals surface area contributed by atoms with Crippen LogP contribution in [0.5, 0.6) is 0 Å². The molecule has 0 saturated heterocycles. The van der Waals surface area contributed by atoms with Crippen LogP contribution in [0.15, 0.2) is 29.1 Å². The van der Waals surface area contributed by atoms with Crippen molar-refractivity contribution < 1.29 is 0 Å². The summed E-state index contributed by atoms with van der Waals surface area (Å²) in [4.78, 5) is 7.09. The van der Waals surface area contributed by atoms with Gasteiger partial charge >= 0.3 is 0 Å². The van der Waals surface area contributed by atoms with E-state index < -0.39 is 0 Å². The van der Waals surface area contributed by atoms with E-state index in [1.165, 1.54) is 10.6 Å². The molecule has 0 saturated carbocycles. The van der Waals surface area contributed by atoms with E-state index in [1.807, 2.05) is 11.3 Å². The van der Waals surface area contributed by atoms with E-state index in [2.05, 4.69) is 57.6 Å². The number of nitrogens with one attached hydrogen (secondary N) is 1. The van der Waals surface area contributed by atoms with Crippen LogP contribution in [0.1, 0.15) is 23.2 Å². The summed E-state index contributed by atoms with van der Waals surface area (Å²) < 4.78 is 2.19. The summed E-state index contributed by atoms with van der Waals surface area (Å²) in [5, 5.41) is 7.82. The summed E-state index contributed by atoms with van der Waals surface area (Å²) in [5.74, 6) is 0. The van der Waals surface area contributed by atoms with Gasteiger partial charge in [0.25, 0.3) is 0 Å². The van der Waals surface area contributed by atoms with Gasteiger partial charge in [-0.05, 0) is 31.7 Å². The van der Waals surface area contributed by atoms with Gasteiger partial charge in [0.15, 0.2) is 4.96 Å². The summed E-state index contributed by atoms with van der Waals surface area (Å²) >= 11 is 3.51. The number of thiophene rings is 1. The molecule has 3 nitrogen and oxygen atoms in total. The second-order valence-corrected chi connectivity index (χ2v) is 6.67. The molecule has 0 amide bonds. The van der Waals surface area contributed by atoms with Crippen molar-refractivity contribution in [3.63, 3.8) is 0 Å². The van der Waals surface area contributed by atoms with Crippen LogP contribution < -0.4 is 5.32 Å². The number of aryl methyl sites for hydroxylation is 1. The summed E-state index contributed by atoms with van der Waals surface area (Å²) in [5.41, 5.74) is 2.40. The Morgan fingerprint density at radius 3 is 3.05 bits per heavy atom. The molecule has 0 aliphatic rings. The Morgan fingerprint density at radius 1 is 1.37 bits per heavy atom. The van der Waals surface area contributed by atoms with E-state index in [0.717, 1.165) is 23.6 Å². The maximum atomic E-state index is 4.57. The van der Waals surface area contributed by atoms with E-state index in [4.69, 9.17) is 0 Å². The molecule has 1 atom stereocenters. The molecule has 0 fully saturated rings. The summed E-state index contributed by atoms with van der Waals surface area (Å²) in [6.45, 7) is 5.19. The van der Waals surface area contributed by atoms with Gasteiger partial charge in [-0.1, -0.05) is 6.07 Å². The van der Waals surface area contributed by atoms with Crippen molar-refractivity contribution >= 4 is 27.6 Å².